The fraction of sp³-hybridized carbons (Fsp3) is 0.333. The largest absolute Gasteiger partial charge is 0.497 e. The lowest BCUT2D eigenvalue weighted by molar-refractivity contribution is 0.179. The number of benzene rings is 1. The molecular formula is C15H17Cl2N3O3. The lowest BCUT2D eigenvalue weighted by atomic mass is 10.2. The van der Waals surface area contributed by atoms with Crippen LogP contribution in [0.4, 0.5) is 0 Å². The van der Waals surface area contributed by atoms with E-state index < -0.39 is 0 Å². The smallest absolute Gasteiger partial charge is 0.193 e. The molecule has 1 heterocycles. The minimum absolute atomic E-state index is 0.157. The Morgan fingerprint density at radius 3 is 2.57 bits per heavy atom. The van der Waals surface area contributed by atoms with Gasteiger partial charge in [0.2, 0.25) is 0 Å². The Hall–Kier alpha value is -1.76. The second-order valence-corrected chi connectivity index (χ2v) is 5.39. The first-order chi connectivity index (χ1) is 11.0. The van der Waals surface area contributed by atoms with Gasteiger partial charge in [-0.1, -0.05) is 29.3 Å². The minimum Gasteiger partial charge on any atom is -0.497 e. The van der Waals surface area contributed by atoms with Crippen LogP contribution < -0.4 is 19.5 Å². The van der Waals surface area contributed by atoms with Crippen molar-refractivity contribution in [2.45, 2.75) is 19.7 Å². The number of rotatable bonds is 7. The van der Waals surface area contributed by atoms with E-state index in [0.29, 0.717) is 12.3 Å². The Kier molecular flexibility index (Phi) is 6.27. The minimum atomic E-state index is -0.320. The van der Waals surface area contributed by atoms with Gasteiger partial charge in [0.25, 0.3) is 0 Å². The molecule has 1 aromatic heterocycles. The Morgan fingerprint density at radius 2 is 1.87 bits per heavy atom. The number of hydrogen-bond donors (Lipinski definition) is 1. The number of aromatic nitrogens is 2. The zero-order valence-electron chi connectivity index (χ0n) is 13.0. The Labute approximate surface area is 144 Å². The van der Waals surface area contributed by atoms with Crippen LogP contribution in [0, 0.1) is 0 Å². The molecule has 0 fully saturated rings. The first-order valence-corrected chi connectivity index (χ1v) is 7.58. The number of nitrogens with zero attached hydrogens (tertiary/aromatic N) is 2. The van der Waals surface area contributed by atoms with Crippen molar-refractivity contribution >= 4 is 23.2 Å². The molecule has 2 rings (SSSR count). The second-order valence-electron chi connectivity index (χ2n) is 4.64. The molecule has 0 amide bonds. The molecule has 23 heavy (non-hydrogen) atoms. The fourth-order valence-electron chi connectivity index (χ4n) is 1.90. The van der Waals surface area contributed by atoms with E-state index in [4.69, 9.17) is 37.4 Å². The third-order valence-electron chi connectivity index (χ3n) is 3.06. The van der Waals surface area contributed by atoms with Gasteiger partial charge in [-0.05, 0) is 13.0 Å². The summed E-state index contributed by atoms with van der Waals surface area (Å²) in [5.74, 6) is 1.84. The van der Waals surface area contributed by atoms with Gasteiger partial charge in [-0.15, -0.1) is 10.2 Å². The van der Waals surface area contributed by atoms with Gasteiger partial charge >= 0.3 is 0 Å². The van der Waals surface area contributed by atoms with Gasteiger partial charge < -0.3 is 14.2 Å². The van der Waals surface area contributed by atoms with Crippen molar-refractivity contribution in [2.75, 3.05) is 14.2 Å². The predicted octanol–water partition coefficient (Wildman–Crippen LogP) is 3.32. The Balaban J connectivity index is 1.99. The lowest BCUT2D eigenvalue weighted by Gasteiger charge is -2.18. The van der Waals surface area contributed by atoms with Crippen molar-refractivity contribution in [3.05, 3.63) is 40.1 Å². The van der Waals surface area contributed by atoms with E-state index in [0.717, 1.165) is 17.1 Å². The van der Waals surface area contributed by atoms with E-state index >= 15 is 0 Å². The molecule has 0 bridgehead atoms. The number of hydrogen-bond acceptors (Lipinski definition) is 6. The van der Waals surface area contributed by atoms with E-state index in [1.54, 1.807) is 14.2 Å². The van der Waals surface area contributed by atoms with Gasteiger partial charge in [-0.3, -0.25) is 5.32 Å². The molecule has 0 aliphatic heterocycles. The Morgan fingerprint density at radius 1 is 1.09 bits per heavy atom. The molecule has 1 N–H and O–H groups in total. The summed E-state index contributed by atoms with van der Waals surface area (Å²) in [6, 6.07) is 7.14. The molecule has 2 aromatic rings. The molecule has 0 saturated carbocycles. The molecule has 1 unspecified atom stereocenters. The van der Waals surface area contributed by atoms with Crippen LogP contribution in [0.5, 0.6) is 17.2 Å². The van der Waals surface area contributed by atoms with Gasteiger partial charge in [-0.2, -0.15) is 0 Å². The van der Waals surface area contributed by atoms with Gasteiger partial charge in [0, 0.05) is 24.2 Å². The number of ether oxygens (including phenoxy) is 3. The summed E-state index contributed by atoms with van der Waals surface area (Å²) in [7, 11) is 3.23. The maximum Gasteiger partial charge on any atom is 0.193 e. The van der Waals surface area contributed by atoms with Crippen LogP contribution in [0.15, 0.2) is 24.3 Å². The molecule has 124 valence electrons. The van der Waals surface area contributed by atoms with Crippen molar-refractivity contribution in [3.63, 3.8) is 0 Å². The van der Waals surface area contributed by atoms with Crippen LogP contribution in [0.2, 0.25) is 10.3 Å². The first kappa shape index (κ1) is 17.6. The van der Waals surface area contributed by atoms with Gasteiger partial charge in [0.1, 0.15) is 17.7 Å². The molecule has 0 radical (unpaired) electrons. The van der Waals surface area contributed by atoms with Gasteiger partial charge in [0.15, 0.2) is 16.1 Å². The maximum atomic E-state index is 5.92. The highest BCUT2D eigenvalue weighted by atomic mass is 35.5. The third-order valence-corrected chi connectivity index (χ3v) is 3.51. The average Bonchev–Trinajstić information content (AvgIpc) is 2.56. The highest BCUT2D eigenvalue weighted by Crippen LogP contribution is 2.26. The van der Waals surface area contributed by atoms with E-state index in [1.165, 1.54) is 6.07 Å². The van der Waals surface area contributed by atoms with E-state index in [-0.39, 0.29) is 16.5 Å². The summed E-state index contributed by atoms with van der Waals surface area (Å²) in [5, 5.41) is 10.9. The summed E-state index contributed by atoms with van der Waals surface area (Å²) >= 11 is 11.7. The standard InChI is InChI=1S/C15H17Cl2N3O3/c1-9(23-13-7-14(16)19-20-15(13)17)18-8-10-4-5-11(21-2)6-12(10)22-3/h4-7,9,18H,8H2,1-3H3. The lowest BCUT2D eigenvalue weighted by Crippen LogP contribution is -2.31. The maximum absolute atomic E-state index is 5.92. The zero-order valence-corrected chi connectivity index (χ0v) is 14.5. The number of halogens is 2. The number of nitrogens with one attached hydrogen (secondary N) is 1. The second kappa shape index (κ2) is 8.19. The quantitative estimate of drug-likeness (QED) is 0.766. The SMILES string of the molecule is COc1ccc(CNC(C)Oc2cc(Cl)nnc2Cl)c(OC)c1. The van der Waals surface area contributed by atoms with Crippen LogP contribution >= 0.6 is 23.2 Å². The summed E-state index contributed by atoms with van der Waals surface area (Å²) in [6.07, 6.45) is -0.320. The average molecular weight is 358 g/mol. The zero-order chi connectivity index (χ0) is 16.8. The topological polar surface area (TPSA) is 65.5 Å². The third kappa shape index (κ3) is 4.86. The Bertz CT molecular complexity index is 670. The van der Waals surface area contributed by atoms with E-state index in [2.05, 4.69) is 15.5 Å². The molecule has 0 spiro atoms. The van der Waals surface area contributed by atoms with Crippen molar-refractivity contribution in [2.24, 2.45) is 0 Å². The molecule has 0 aliphatic carbocycles. The molecule has 0 saturated heterocycles. The highest BCUT2D eigenvalue weighted by Gasteiger charge is 2.11. The first-order valence-electron chi connectivity index (χ1n) is 6.83. The van der Waals surface area contributed by atoms with Crippen LogP contribution in [-0.2, 0) is 6.54 Å². The van der Waals surface area contributed by atoms with E-state index in [9.17, 15) is 0 Å². The highest BCUT2D eigenvalue weighted by molar-refractivity contribution is 6.32. The van der Waals surface area contributed by atoms with Crippen LogP contribution in [-0.4, -0.2) is 30.6 Å². The summed E-state index contributed by atoms with van der Waals surface area (Å²) < 4.78 is 16.2. The summed E-state index contributed by atoms with van der Waals surface area (Å²) in [4.78, 5) is 0. The summed E-state index contributed by atoms with van der Waals surface area (Å²) in [6.45, 7) is 2.39. The van der Waals surface area contributed by atoms with Crippen LogP contribution in [0.25, 0.3) is 0 Å². The molecule has 6 nitrogen and oxygen atoms in total. The van der Waals surface area contributed by atoms with Crippen molar-refractivity contribution in [3.8, 4) is 17.2 Å². The molecule has 1 aromatic carbocycles. The monoisotopic (exact) mass is 357 g/mol. The van der Waals surface area contributed by atoms with Crippen molar-refractivity contribution < 1.29 is 14.2 Å². The van der Waals surface area contributed by atoms with E-state index in [1.807, 2.05) is 25.1 Å². The molecular weight excluding hydrogens is 341 g/mol. The van der Waals surface area contributed by atoms with Crippen LogP contribution in [0.3, 0.4) is 0 Å². The van der Waals surface area contributed by atoms with Crippen LogP contribution in [0.1, 0.15) is 12.5 Å². The predicted molar refractivity (Wildman–Crippen MR) is 88.5 cm³/mol. The van der Waals surface area contributed by atoms with Gasteiger partial charge in [0.05, 0.1) is 14.2 Å². The van der Waals surface area contributed by atoms with Crippen molar-refractivity contribution in [1.82, 2.24) is 15.5 Å². The van der Waals surface area contributed by atoms with Crippen molar-refractivity contribution in [1.29, 1.82) is 0 Å². The number of methoxy groups -OCH3 is 2. The van der Waals surface area contributed by atoms with Gasteiger partial charge in [-0.25, -0.2) is 0 Å². The molecule has 8 heteroatoms. The summed E-state index contributed by atoms with van der Waals surface area (Å²) in [5.41, 5.74) is 0.973. The molecule has 1 atom stereocenters. The fourth-order valence-corrected chi connectivity index (χ4v) is 2.18. The normalized spacial score (nSPS) is 11.9. The molecule has 0 aliphatic rings.